The topological polar surface area (TPSA) is 29.1 Å². The number of aryl methyl sites for hydroxylation is 1. The molecule has 1 amide bonds. The molecule has 2 nitrogen and oxygen atoms in total. The molecule has 3 heteroatoms. The van der Waals surface area contributed by atoms with Crippen molar-refractivity contribution in [1.82, 2.24) is 5.32 Å². The van der Waals surface area contributed by atoms with Crippen LogP contribution in [0.5, 0.6) is 0 Å². The SMILES string of the molecule is CC(C)(C)CC(C)(C)NC(=O)CCc1ccsc1. The van der Waals surface area contributed by atoms with E-state index < -0.39 is 0 Å². The van der Waals surface area contributed by atoms with E-state index in [9.17, 15) is 4.79 Å². The summed E-state index contributed by atoms with van der Waals surface area (Å²) in [6.07, 6.45) is 2.38. The summed E-state index contributed by atoms with van der Waals surface area (Å²) in [7, 11) is 0. The molecule has 0 spiro atoms. The highest BCUT2D eigenvalue weighted by atomic mass is 32.1. The predicted molar refractivity (Wildman–Crippen MR) is 78.9 cm³/mol. The minimum Gasteiger partial charge on any atom is -0.351 e. The summed E-state index contributed by atoms with van der Waals surface area (Å²) in [5.74, 6) is 0.149. The lowest BCUT2D eigenvalue weighted by molar-refractivity contribution is -0.122. The first-order chi connectivity index (χ1) is 8.18. The lowest BCUT2D eigenvalue weighted by Crippen LogP contribution is -2.45. The molecular formula is C15H25NOS. The van der Waals surface area contributed by atoms with E-state index >= 15 is 0 Å². The first-order valence-corrected chi connectivity index (χ1v) is 7.44. The zero-order chi connectivity index (χ0) is 13.8. The lowest BCUT2D eigenvalue weighted by Gasteiger charge is -2.33. The molecule has 0 aromatic carbocycles. The molecule has 0 aliphatic rings. The van der Waals surface area contributed by atoms with Gasteiger partial charge in [0, 0.05) is 12.0 Å². The van der Waals surface area contributed by atoms with Gasteiger partial charge in [0.15, 0.2) is 0 Å². The molecule has 102 valence electrons. The summed E-state index contributed by atoms with van der Waals surface area (Å²) >= 11 is 1.68. The molecule has 18 heavy (non-hydrogen) atoms. The van der Waals surface area contributed by atoms with Gasteiger partial charge in [-0.3, -0.25) is 4.79 Å². The van der Waals surface area contributed by atoms with Gasteiger partial charge in [0.25, 0.3) is 0 Å². The molecule has 0 saturated heterocycles. The van der Waals surface area contributed by atoms with E-state index in [0.29, 0.717) is 6.42 Å². The Morgan fingerprint density at radius 1 is 1.28 bits per heavy atom. The van der Waals surface area contributed by atoms with Gasteiger partial charge in [-0.2, -0.15) is 11.3 Å². The number of nitrogens with one attached hydrogen (secondary N) is 1. The van der Waals surface area contributed by atoms with Crippen molar-refractivity contribution >= 4 is 17.2 Å². The average molecular weight is 267 g/mol. The normalized spacial score (nSPS) is 12.5. The monoisotopic (exact) mass is 267 g/mol. The Hall–Kier alpha value is -0.830. The van der Waals surface area contributed by atoms with Gasteiger partial charge in [0.05, 0.1) is 0 Å². The second-order valence-corrected chi connectivity index (χ2v) is 7.58. The second kappa shape index (κ2) is 5.87. The highest BCUT2D eigenvalue weighted by molar-refractivity contribution is 7.07. The van der Waals surface area contributed by atoms with E-state index in [-0.39, 0.29) is 16.9 Å². The van der Waals surface area contributed by atoms with Crippen molar-refractivity contribution in [2.45, 2.75) is 59.4 Å². The van der Waals surface area contributed by atoms with E-state index in [1.807, 2.05) is 0 Å². The van der Waals surface area contributed by atoms with Crippen molar-refractivity contribution in [3.05, 3.63) is 22.4 Å². The van der Waals surface area contributed by atoms with Gasteiger partial charge < -0.3 is 5.32 Å². The third kappa shape index (κ3) is 6.20. The van der Waals surface area contributed by atoms with Crippen LogP contribution in [0.1, 0.15) is 53.0 Å². The molecule has 1 aromatic rings. The van der Waals surface area contributed by atoms with Crippen LogP contribution in [0.4, 0.5) is 0 Å². The molecule has 0 fully saturated rings. The third-order valence-electron chi connectivity index (χ3n) is 2.67. The molecule has 1 aromatic heterocycles. The fourth-order valence-electron chi connectivity index (χ4n) is 2.50. The standard InChI is InChI=1S/C15H25NOS/c1-14(2,3)11-15(4,5)16-13(17)7-6-12-8-9-18-10-12/h8-10H,6-7,11H2,1-5H3,(H,16,17). The summed E-state index contributed by atoms with van der Waals surface area (Å²) in [6, 6.07) is 2.08. The Balaban J connectivity index is 2.39. The van der Waals surface area contributed by atoms with Gasteiger partial charge in [0.1, 0.15) is 0 Å². The van der Waals surface area contributed by atoms with Crippen LogP contribution in [0.2, 0.25) is 0 Å². The molecule has 0 aliphatic carbocycles. The van der Waals surface area contributed by atoms with Gasteiger partial charge in [-0.1, -0.05) is 20.8 Å². The zero-order valence-electron chi connectivity index (χ0n) is 12.2. The van der Waals surface area contributed by atoms with Crippen LogP contribution in [0.15, 0.2) is 16.8 Å². The summed E-state index contributed by atoms with van der Waals surface area (Å²) in [6.45, 7) is 10.8. The molecule has 0 aliphatic heterocycles. The van der Waals surface area contributed by atoms with Crippen LogP contribution in [0.25, 0.3) is 0 Å². The van der Waals surface area contributed by atoms with Crippen LogP contribution in [-0.4, -0.2) is 11.4 Å². The number of hydrogen-bond donors (Lipinski definition) is 1. The molecule has 0 bridgehead atoms. The van der Waals surface area contributed by atoms with E-state index in [4.69, 9.17) is 0 Å². The van der Waals surface area contributed by atoms with E-state index in [1.54, 1.807) is 11.3 Å². The number of carbonyl (C=O) groups is 1. The zero-order valence-corrected chi connectivity index (χ0v) is 13.0. The fourth-order valence-corrected chi connectivity index (χ4v) is 3.21. The fraction of sp³-hybridized carbons (Fsp3) is 0.667. The van der Waals surface area contributed by atoms with E-state index in [2.05, 4.69) is 56.8 Å². The van der Waals surface area contributed by atoms with Gasteiger partial charge >= 0.3 is 0 Å². The number of carbonyl (C=O) groups excluding carboxylic acids is 1. The van der Waals surface area contributed by atoms with Crippen LogP contribution in [-0.2, 0) is 11.2 Å². The number of amides is 1. The quantitative estimate of drug-likeness (QED) is 0.858. The van der Waals surface area contributed by atoms with Crippen LogP contribution in [0, 0.1) is 5.41 Å². The minimum atomic E-state index is -0.135. The first-order valence-electron chi connectivity index (χ1n) is 6.50. The van der Waals surface area contributed by atoms with Crippen molar-refractivity contribution < 1.29 is 4.79 Å². The Morgan fingerprint density at radius 3 is 2.44 bits per heavy atom. The number of thiophene rings is 1. The largest absolute Gasteiger partial charge is 0.351 e. The summed E-state index contributed by atoms with van der Waals surface area (Å²) < 4.78 is 0. The minimum absolute atomic E-state index is 0.135. The van der Waals surface area contributed by atoms with E-state index in [0.717, 1.165) is 12.8 Å². The van der Waals surface area contributed by atoms with Gasteiger partial charge in [-0.15, -0.1) is 0 Å². The highest BCUT2D eigenvalue weighted by Gasteiger charge is 2.26. The Morgan fingerprint density at radius 2 is 1.94 bits per heavy atom. The maximum atomic E-state index is 11.9. The van der Waals surface area contributed by atoms with Crippen molar-refractivity contribution in [3.63, 3.8) is 0 Å². The molecule has 1 N–H and O–H groups in total. The molecular weight excluding hydrogens is 242 g/mol. The smallest absolute Gasteiger partial charge is 0.220 e. The molecule has 0 saturated carbocycles. The van der Waals surface area contributed by atoms with Crippen molar-refractivity contribution in [2.24, 2.45) is 5.41 Å². The molecule has 1 rings (SSSR count). The van der Waals surface area contributed by atoms with Crippen molar-refractivity contribution in [1.29, 1.82) is 0 Å². The van der Waals surface area contributed by atoms with Crippen molar-refractivity contribution in [3.8, 4) is 0 Å². The van der Waals surface area contributed by atoms with Gasteiger partial charge in [-0.25, -0.2) is 0 Å². The molecule has 0 atom stereocenters. The van der Waals surface area contributed by atoms with Crippen molar-refractivity contribution in [2.75, 3.05) is 0 Å². The summed E-state index contributed by atoms with van der Waals surface area (Å²) in [5, 5.41) is 7.30. The molecule has 0 radical (unpaired) electrons. The Bertz CT molecular complexity index is 374. The molecule has 1 heterocycles. The average Bonchev–Trinajstić information content (AvgIpc) is 2.61. The van der Waals surface area contributed by atoms with Crippen LogP contribution >= 0.6 is 11.3 Å². The molecule has 0 unspecified atom stereocenters. The van der Waals surface area contributed by atoms with Gasteiger partial charge in [0.2, 0.25) is 5.91 Å². The predicted octanol–water partition coefficient (Wildman–Crippen LogP) is 4.01. The van der Waals surface area contributed by atoms with Crippen LogP contribution < -0.4 is 5.32 Å². The second-order valence-electron chi connectivity index (χ2n) is 6.80. The maximum Gasteiger partial charge on any atom is 0.220 e. The Labute approximate surface area is 115 Å². The highest BCUT2D eigenvalue weighted by Crippen LogP contribution is 2.26. The van der Waals surface area contributed by atoms with Crippen LogP contribution in [0.3, 0.4) is 0 Å². The van der Waals surface area contributed by atoms with Gasteiger partial charge in [-0.05, 0) is 54.5 Å². The first kappa shape index (κ1) is 15.2. The number of hydrogen-bond acceptors (Lipinski definition) is 2. The third-order valence-corrected chi connectivity index (χ3v) is 3.40. The van der Waals surface area contributed by atoms with E-state index in [1.165, 1.54) is 5.56 Å². The Kier molecular flexibility index (Phi) is 4.97. The summed E-state index contributed by atoms with van der Waals surface area (Å²) in [5.41, 5.74) is 1.34. The maximum absolute atomic E-state index is 11.9. The number of rotatable bonds is 5. The summed E-state index contributed by atoms with van der Waals surface area (Å²) in [4.78, 5) is 11.9. The lowest BCUT2D eigenvalue weighted by atomic mass is 9.81.